The first-order valence-electron chi connectivity index (χ1n) is 5.30. The molecule has 0 aliphatic heterocycles. The first-order chi connectivity index (χ1) is 9.92. The molecule has 1 aromatic heterocycles. The molecular formula is C12H5IN2O5S. The number of aromatic carboxylic acids is 1. The highest BCUT2D eigenvalue weighted by Crippen LogP contribution is 2.38. The van der Waals surface area contributed by atoms with Crippen molar-refractivity contribution < 1.29 is 19.6 Å². The van der Waals surface area contributed by atoms with Gasteiger partial charge < -0.3 is 9.84 Å². The number of carboxylic acid groups (broad SMARTS) is 1. The average Bonchev–Trinajstić information content (AvgIpc) is 2.89. The zero-order valence-corrected chi connectivity index (χ0v) is 13.0. The summed E-state index contributed by atoms with van der Waals surface area (Å²) < 4.78 is 5.81. The van der Waals surface area contributed by atoms with E-state index in [1.165, 1.54) is 17.5 Å². The fourth-order valence-electron chi connectivity index (χ4n) is 1.48. The van der Waals surface area contributed by atoms with Crippen molar-refractivity contribution in [2.75, 3.05) is 0 Å². The van der Waals surface area contributed by atoms with Gasteiger partial charge in [0, 0.05) is 17.5 Å². The summed E-state index contributed by atoms with van der Waals surface area (Å²) in [5.74, 6) is -0.920. The predicted molar refractivity (Wildman–Crippen MR) is 81.9 cm³/mol. The number of halogens is 1. The van der Waals surface area contributed by atoms with Crippen molar-refractivity contribution in [1.82, 2.24) is 0 Å². The van der Waals surface area contributed by atoms with Crippen molar-refractivity contribution in [3.63, 3.8) is 0 Å². The number of carbonyl (C=O) groups is 1. The van der Waals surface area contributed by atoms with E-state index in [-0.39, 0.29) is 27.6 Å². The minimum Gasteiger partial charge on any atom is -0.477 e. The van der Waals surface area contributed by atoms with Gasteiger partial charge in [0.25, 0.3) is 0 Å². The second kappa shape index (κ2) is 6.06. The van der Waals surface area contributed by atoms with Crippen molar-refractivity contribution in [3.8, 4) is 17.6 Å². The number of hydrogen-bond acceptors (Lipinski definition) is 6. The predicted octanol–water partition coefficient (Wildman–Crippen LogP) is 3.62. The normalized spacial score (nSPS) is 9.90. The number of nitro groups is 1. The molecule has 2 rings (SSSR count). The Morgan fingerprint density at radius 3 is 2.71 bits per heavy atom. The van der Waals surface area contributed by atoms with Crippen LogP contribution in [0.4, 0.5) is 5.69 Å². The van der Waals surface area contributed by atoms with Gasteiger partial charge in [0.15, 0.2) is 0 Å². The maximum absolute atomic E-state index is 11.1. The molecule has 0 radical (unpaired) electrons. The third kappa shape index (κ3) is 3.29. The molecule has 1 N–H and O–H groups in total. The van der Waals surface area contributed by atoms with Crippen LogP contribution in [0.25, 0.3) is 0 Å². The third-order valence-electron chi connectivity index (χ3n) is 2.36. The smallest absolute Gasteiger partial charge is 0.346 e. The third-order valence-corrected chi connectivity index (χ3v) is 4.05. The molecule has 9 heteroatoms. The maximum Gasteiger partial charge on any atom is 0.346 e. The van der Waals surface area contributed by atoms with Gasteiger partial charge in [-0.05, 0) is 28.7 Å². The first-order valence-corrected chi connectivity index (χ1v) is 7.26. The molecule has 0 fully saturated rings. The molecule has 1 aromatic carbocycles. The standard InChI is InChI=1S/C12H5IN2O5S/c13-8-1-6(4-14)2-9(15(18)19)11(8)20-7-3-10(12(16)17)21-5-7/h1-3,5H,(H,16,17). The fraction of sp³-hybridized carbons (Fsp3) is 0. The van der Waals surface area contributed by atoms with Crippen LogP contribution in [0.5, 0.6) is 11.5 Å². The van der Waals surface area contributed by atoms with Gasteiger partial charge in [-0.15, -0.1) is 11.3 Å². The van der Waals surface area contributed by atoms with Crippen molar-refractivity contribution in [2.24, 2.45) is 0 Å². The molecule has 0 saturated heterocycles. The Balaban J connectivity index is 2.45. The highest BCUT2D eigenvalue weighted by Gasteiger charge is 2.22. The van der Waals surface area contributed by atoms with Gasteiger partial charge in [-0.3, -0.25) is 10.1 Å². The van der Waals surface area contributed by atoms with Crippen molar-refractivity contribution in [1.29, 1.82) is 5.26 Å². The Labute approximate surface area is 135 Å². The molecule has 0 aliphatic rings. The lowest BCUT2D eigenvalue weighted by Crippen LogP contribution is -1.97. The number of carboxylic acids is 1. The average molecular weight is 416 g/mol. The Hall–Kier alpha value is -2.19. The van der Waals surface area contributed by atoms with E-state index in [0.29, 0.717) is 3.57 Å². The van der Waals surface area contributed by atoms with Crippen molar-refractivity contribution in [2.45, 2.75) is 0 Å². The molecule has 0 spiro atoms. The van der Waals surface area contributed by atoms with Gasteiger partial charge in [-0.2, -0.15) is 5.26 Å². The van der Waals surface area contributed by atoms with E-state index in [2.05, 4.69) is 0 Å². The Morgan fingerprint density at radius 1 is 1.48 bits per heavy atom. The van der Waals surface area contributed by atoms with Crippen LogP contribution in [-0.2, 0) is 0 Å². The molecule has 0 atom stereocenters. The summed E-state index contributed by atoms with van der Waals surface area (Å²) in [6, 6.07) is 5.68. The van der Waals surface area contributed by atoms with Crippen LogP contribution in [0.15, 0.2) is 23.6 Å². The number of ether oxygens (including phenoxy) is 1. The van der Waals surface area contributed by atoms with E-state index in [4.69, 9.17) is 15.1 Å². The molecule has 0 unspecified atom stereocenters. The number of hydrogen-bond donors (Lipinski definition) is 1. The van der Waals surface area contributed by atoms with Crippen LogP contribution in [0.2, 0.25) is 0 Å². The lowest BCUT2D eigenvalue weighted by molar-refractivity contribution is -0.385. The highest BCUT2D eigenvalue weighted by molar-refractivity contribution is 14.1. The monoisotopic (exact) mass is 416 g/mol. The van der Waals surface area contributed by atoms with Crippen LogP contribution in [0.3, 0.4) is 0 Å². The molecular weight excluding hydrogens is 411 g/mol. The van der Waals surface area contributed by atoms with E-state index in [9.17, 15) is 14.9 Å². The quantitative estimate of drug-likeness (QED) is 0.463. The Kier molecular flexibility index (Phi) is 4.39. The van der Waals surface area contributed by atoms with E-state index < -0.39 is 10.9 Å². The van der Waals surface area contributed by atoms with Crippen LogP contribution in [0.1, 0.15) is 15.2 Å². The molecule has 0 saturated carbocycles. The summed E-state index contributed by atoms with van der Waals surface area (Å²) in [5.41, 5.74) is -0.198. The summed E-state index contributed by atoms with van der Waals surface area (Å²) >= 11 is 2.78. The number of nitrogens with zero attached hydrogens (tertiary/aromatic N) is 2. The summed E-state index contributed by atoms with van der Waals surface area (Å²) in [6.45, 7) is 0. The van der Waals surface area contributed by atoms with Crippen LogP contribution >= 0.6 is 33.9 Å². The molecule has 0 bridgehead atoms. The summed E-state index contributed by atoms with van der Waals surface area (Å²) in [6.07, 6.45) is 0. The zero-order valence-electron chi connectivity index (χ0n) is 10.1. The summed E-state index contributed by atoms with van der Waals surface area (Å²) in [7, 11) is 0. The maximum atomic E-state index is 11.1. The van der Waals surface area contributed by atoms with E-state index in [1.807, 2.05) is 28.7 Å². The Bertz CT molecular complexity index is 780. The second-order valence-corrected chi connectivity index (χ2v) is 5.80. The second-order valence-electron chi connectivity index (χ2n) is 3.73. The number of thiophene rings is 1. The molecule has 7 nitrogen and oxygen atoms in total. The zero-order chi connectivity index (χ0) is 15.6. The van der Waals surface area contributed by atoms with Gasteiger partial charge in [0.05, 0.1) is 20.1 Å². The van der Waals surface area contributed by atoms with Gasteiger partial charge in [0.1, 0.15) is 10.6 Å². The summed E-state index contributed by atoms with van der Waals surface area (Å²) in [5, 5.41) is 30.2. The lowest BCUT2D eigenvalue weighted by atomic mass is 10.2. The Morgan fingerprint density at radius 2 is 2.19 bits per heavy atom. The minimum absolute atomic E-state index is 0.0191. The number of nitriles is 1. The largest absolute Gasteiger partial charge is 0.477 e. The molecule has 21 heavy (non-hydrogen) atoms. The van der Waals surface area contributed by atoms with Gasteiger partial charge in [0.2, 0.25) is 5.75 Å². The number of nitro benzene ring substituents is 1. The topological polar surface area (TPSA) is 113 Å². The van der Waals surface area contributed by atoms with Crippen molar-refractivity contribution in [3.05, 3.63) is 47.7 Å². The van der Waals surface area contributed by atoms with E-state index >= 15 is 0 Å². The SMILES string of the molecule is N#Cc1cc(I)c(Oc2csc(C(=O)O)c2)c([N+](=O)[O-])c1. The number of rotatable bonds is 4. The first kappa shape index (κ1) is 15.2. The lowest BCUT2D eigenvalue weighted by Gasteiger charge is -2.07. The van der Waals surface area contributed by atoms with Gasteiger partial charge in [-0.25, -0.2) is 4.79 Å². The van der Waals surface area contributed by atoms with E-state index in [1.54, 1.807) is 0 Å². The molecule has 1 heterocycles. The minimum atomic E-state index is -1.10. The van der Waals surface area contributed by atoms with Gasteiger partial charge in [-0.1, -0.05) is 0 Å². The van der Waals surface area contributed by atoms with Crippen molar-refractivity contribution >= 4 is 45.6 Å². The van der Waals surface area contributed by atoms with E-state index in [0.717, 1.165) is 17.4 Å². The van der Waals surface area contributed by atoms with Crippen LogP contribution in [0, 0.1) is 25.0 Å². The molecule has 0 aliphatic carbocycles. The molecule has 0 amide bonds. The number of benzene rings is 1. The highest BCUT2D eigenvalue weighted by atomic mass is 127. The van der Waals surface area contributed by atoms with Gasteiger partial charge >= 0.3 is 11.7 Å². The summed E-state index contributed by atoms with van der Waals surface area (Å²) in [4.78, 5) is 21.3. The fourth-order valence-corrected chi connectivity index (χ4v) is 2.85. The molecule has 2 aromatic rings. The molecule has 106 valence electrons. The van der Waals surface area contributed by atoms with Crippen LogP contribution < -0.4 is 4.74 Å². The van der Waals surface area contributed by atoms with Crippen LogP contribution in [-0.4, -0.2) is 16.0 Å².